The van der Waals surface area contributed by atoms with Crippen LogP contribution in [-0.2, 0) is 16.0 Å². The van der Waals surface area contributed by atoms with Gasteiger partial charge in [0, 0.05) is 30.9 Å². The first-order valence-electron chi connectivity index (χ1n) is 11.3. The van der Waals surface area contributed by atoms with Gasteiger partial charge in [0.1, 0.15) is 11.9 Å². The summed E-state index contributed by atoms with van der Waals surface area (Å²) >= 11 is 6.31. The molecular weight excluding hydrogens is 421 g/mol. The third kappa shape index (κ3) is 5.57. The van der Waals surface area contributed by atoms with Gasteiger partial charge < -0.3 is 20.6 Å². The molecule has 8 heteroatoms. The van der Waals surface area contributed by atoms with Crippen LogP contribution in [0.15, 0.2) is 24.3 Å². The standard InChI is InChI=1S/C23H31ClFN3O3/c24-16-3-6-19-15(12-16)13-20(26-19)22(30)27-21(11-14-1-4-17(25)5-2-14)23(31)28-9-7-18(29)8-10-28/h1-2,4-5,15-16,18-21,26,29H,3,6-13H2,(H,27,30)/t15?,16?,19?,20?,21-/m0/s1. The number of amides is 2. The number of carbonyl (C=O) groups excluding carboxylic acids is 2. The van der Waals surface area contributed by atoms with E-state index in [-0.39, 0.29) is 35.2 Å². The summed E-state index contributed by atoms with van der Waals surface area (Å²) in [7, 11) is 0. The molecule has 1 aromatic rings. The van der Waals surface area contributed by atoms with Crippen molar-refractivity contribution in [3.63, 3.8) is 0 Å². The van der Waals surface area contributed by atoms with Crippen molar-refractivity contribution in [3.8, 4) is 0 Å². The van der Waals surface area contributed by atoms with Gasteiger partial charge in [-0.25, -0.2) is 4.39 Å². The summed E-state index contributed by atoms with van der Waals surface area (Å²) in [5.41, 5.74) is 0.787. The quantitative estimate of drug-likeness (QED) is 0.598. The number of benzene rings is 1. The third-order valence-electron chi connectivity index (χ3n) is 6.93. The molecule has 3 N–H and O–H groups in total. The Hall–Kier alpha value is -1.70. The van der Waals surface area contributed by atoms with Gasteiger partial charge in [-0.3, -0.25) is 9.59 Å². The van der Waals surface area contributed by atoms with E-state index in [2.05, 4.69) is 10.6 Å². The van der Waals surface area contributed by atoms with Gasteiger partial charge in [-0.1, -0.05) is 12.1 Å². The molecule has 3 fully saturated rings. The number of likely N-dealkylation sites (tertiary alicyclic amines) is 1. The van der Waals surface area contributed by atoms with E-state index < -0.39 is 6.04 Å². The first-order chi connectivity index (χ1) is 14.9. The van der Waals surface area contributed by atoms with Crippen LogP contribution in [0.2, 0.25) is 0 Å². The molecule has 2 amide bonds. The molecule has 0 bridgehead atoms. The number of hydrogen-bond donors (Lipinski definition) is 3. The van der Waals surface area contributed by atoms with E-state index >= 15 is 0 Å². The molecule has 0 spiro atoms. The van der Waals surface area contributed by atoms with Crippen molar-refractivity contribution in [1.82, 2.24) is 15.5 Å². The van der Waals surface area contributed by atoms with Crippen LogP contribution in [0.4, 0.5) is 4.39 Å². The summed E-state index contributed by atoms with van der Waals surface area (Å²) in [4.78, 5) is 28.0. The maximum atomic E-state index is 13.3. The number of piperidine rings is 1. The number of nitrogens with one attached hydrogen (secondary N) is 2. The first-order valence-corrected chi connectivity index (χ1v) is 11.7. The topological polar surface area (TPSA) is 81.7 Å². The van der Waals surface area contributed by atoms with Crippen molar-refractivity contribution in [2.24, 2.45) is 5.92 Å². The van der Waals surface area contributed by atoms with Crippen LogP contribution in [0, 0.1) is 11.7 Å². The Morgan fingerprint density at radius 1 is 1.16 bits per heavy atom. The molecule has 0 aromatic heterocycles. The highest BCUT2D eigenvalue weighted by Crippen LogP contribution is 2.35. The molecule has 1 aromatic carbocycles. The van der Waals surface area contributed by atoms with Crippen molar-refractivity contribution in [2.75, 3.05) is 13.1 Å². The lowest BCUT2D eigenvalue weighted by Crippen LogP contribution is -2.55. The summed E-state index contributed by atoms with van der Waals surface area (Å²) in [6, 6.07) is 5.27. The second kappa shape index (κ2) is 9.84. The maximum absolute atomic E-state index is 13.3. The molecule has 2 saturated heterocycles. The predicted octanol–water partition coefficient (Wildman–Crippen LogP) is 1.97. The predicted molar refractivity (Wildman–Crippen MR) is 116 cm³/mol. The minimum absolute atomic E-state index is 0.152. The Morgan fingerprint density at radius 2 is 1.87 bits per heavy atom. The number of halogens is 2. The molecule has 2 heterocycles. The molecule has 3 aliphatic rings. The first kappa shape index (κ1) is 22.5. The molecule has 4 rings (SSSR count). The Balaban J connectivity index is 1.43. The van der Waals surface area contributed by atoms with Crippen LogP contribution >= 0.6 is 11.6 Å². The molecule has 6 nitrogen and oxygen atoms in total. The fourth-order valence-electron chi connectivity index (χ4n) is 5.13. The number of rotatable bonds is 5. The van der Waals surface area contributed by atoms with E-state index in [1.54, 1.807) is 17.0 Å². The van der Waals surface area contributed by atoms with Gasteiger partial charge in [0.05, 0.1) is 12.1 Å². The summed E-state index contributed by atoms with van der Waals surface area (Å²) in [6.07, 6.45) is 4.56. The number of aliphatic hydroxyl groups is 1. The van der Waals surface area contributed by atoms with Gasteiger partial charge in [-0.05, 0) is 62.1 Å². The van der Waals surface area contributed by atoms with Crippen LogP contribution in [0.1, 0.15) is 44.1 Å². The largest absolute Gasteiger partial charge is 0.393 e. The number of fused-ring (bicyclic) bond motifs is 1. The molecule has 1 saturated carbocycles. The zero-order chi connectivity index (χ0) is 22.0. The zero-order valence-corrected chi connectivity index (χ0v) is 18.4. The van der Waals surface area contributed by atoms with E-state index in [0.717, 1.165) is 31.2 Å². The van der Waals surface area contributed by atoms with E-state index in [1.165, 1.54) is 12.1 Å². The molecule has 31 heavy (non-hydrogen) atoms. The second-order valence-corrected chi connectivity index (χ2v) is 9.80. The number of alkyl halides is 1. The number of carbonyl (C=O) groups is 2. The Bertz CT molecular complexity index is 785. The summed E-state index contributed by atoms with van der Waals surface area (Å²) < 4.78 is 13.3. The molecule has 170 valence electrons. The second-order valence-electron chi connectivity index (χ2n) is 9.18. The van der Waals surface area contributed by atoms with E-state index in [1.807, 2.05) is 0 Å². The van der Waals surface area contributed by atoms with E-state index in [4.69, 9.17) is 11.6 Å². The smallest absolute Gasteiger partial charge is 0.245 e. The Morgan fingerprint density at radius 3 is 2.58 bits per heavy atom. The average molecular weight is 452 g/mol. The minimum Gasteiger partial charge on any atom is -0.393 e. The number of nitrogens with zero attached hydrogens (tertiary/aromatic N) is 1. The number of aliphatic hydroxyl groups excluding tert-OH is 1. The van der Waals surface area contributed by atoms with Gasteiger partial charge >= 0.3 is 0 Å². The fourth-order valence-corrected chi connectivity index (χ4v) is 5.49. The highest BCUT2D eigenvalue weighted by atomic mass is 35.5. The lowest BCUT2D eigenvalue weighted by molar-refractivity contribution is -0.138. The van der Waals surface area contributed by atoms with Crippen molar-refractivity contribution >= 4 is 23.4 Å². The Labute approximate surface area is 187 Å². The van der Waals surface area contributed by atoms with Crippen LogP contribution in [-0.4, -0.2) is 64.5 Å². The lowest BCUT2D eigenvalue weighted by Gasteiger charge is -2.33. The third-order valence-corrected chi connectivity index (χ3v) is 7.33. The SMILES string of the molecule is O=C(N[C@@H](Cc1ccc(F)cc1)C(=O)N1CCC(O)CC1)C1CC2CC(Cl)CCC2N1. The van der Waals surface area contributed by atoms with Gasteiger partial charge in [0.2, 0.25) is 11.8 Å². The van der Waals surface area contributed by atoms with Crippen molar-refractivity contribution in [3.05, 3.63) is 35.6 Å². The van der Waals surface area contributed by atoms with Crippen LogP contribution < -0.4 is 10.6 Å². The Kier molecular flexibility index (Phi) is 7.14. The highest BCUT2D eigenvalue weighted by Gasteiger charge is 2.41. The van der Waals surface area contributed by atoms with Gasteiger partial charge in [-0.15, -0.1) is 11.6 Å². The van der Waals surface area contributed by atoms with Gasteiger partial charge in [-0.2, -0.15) is 0 Å². The van der Waals surface area contributed by atoms with Crippen molar-refractivity contribution in [2.45, 2.75) is 74.6 Å². The van der Waals surface area contributed by atoms with E-state index in [0.29, 0.717) is 44.3 Å². The maximum Gasteiger partial charge on any atom is 0.245 e. The van der Waals surface area contributed by atoms with Crippen LogP contribution in [0.25, 0.3) is 0 Å². The highest BCUT2D eigenvalue weighted by molar-refractivity contribution is 6.20. The molecule has 4 unspecified atom stereocenters. The van der Waals surface area contributed by atoms with Crippen LogP contribution in [0.3, 0.4) is 0 Å². The lowest BCUT2D eigenvalue weighted by atomic mass is 9.84. The fraction of sp³-hybridized carbons (Fsp3) is 0.652. The van der Waals surface area contributed by atoms with Crippen molar-refractivity contribution in [1.29, 1.82) is 0 Å². The zero-order valence-electron chi connectivity index (χ0n) is 17.6. The summed E-state index contributed by atoms with van der Waals surface area (Å²) in [6.45, 7) is 0.942. The number of hydrogen-bond acceptors (Lipinski definition) is 4. The van der Waals surface area contributed by atoms with Gasteiger partial charge in [0.15, 0.2) is 0 Å². The average Bonchev–Trinajstić information content (AvgIpc) is 3.18. The van der Waals surface area contributed by atoms with Crippen LogP contribution in [0.5, 0.6) is 0 Å². The van der Waals surface area contributed by atoms with E-state index in [9.17, 15) is 19.1 Å². The molecule has 5 atom stereocenters. The molecule has 1 aliphatic carbocycles. The summed E-state index contributed by atoms with van der Waals surface area (Å²) in [5.74, 6) is -0.267. The minimum atomic E-state index is -0.724. The molecule has 0 radical (unpaired) electrons. The molecular formula is C23H31ClFN3O3. The monoisotopic (exact) mass is 451 g/mol. The normalized spacial score (nSPS) is 30.0. The molecule has 2 aliphatic heterocycles. The summed E-state index contributed by atoms with van der Waals surface area (Å²) in [5, 5.41) is 16.3. The van der Waals surface area contributed by atoms with Crippen molar-refractivity contribution < 1.29 is 19.1 Å². The van der Waals surface area contributed by atoms with Gasteiger partial charge in [0.25, 0.3) is 0 Å².